The molecule has 1 N–H and O–H groups in total. The molecule has 0 spiro atoms. The molecule has 0 amide bonds. The molecule has 0 aromatic carbocycles. The van der Waals surface area contributed by atoms with Crippen LogP contribution in [0.2, 0.25) is 0 Å². The summed E-state index contributed by atoms with van der Waals surface area (Å²) in [5.74, 6) is 0. The van der Waals surface area contributed by atoms with Crippen LogP contribution in [0.15, 0.2) is 0 Å². The van der Waals surface area contributed by atoms with Crippen LogP contribution in [0, 0.1) is 0 Å². The zero-order valence-electron chi connectivity index (χ0n) is 13.1. The van der Waals surface area contributed by atoms with Gasteiger partial charge in [-0.3, -0.25) is 0 Å². The Kier molecular flexibility index (Phi) is 4.88. The van der Waals surface area contributed by atoms with E-state index in [9.17, 15) is 8.42 Å². The molecule has 1 heterocycles. The van der Waals surface area contributed by atoms with Crippen molar-refractivity contribution >= 4 is 10.2 Å². The number of nitrogens with zero attached hydrogens (tertiary/aromatic N) is 2. The van der Waals surface area contributed by atoms with Crippen molar-refractivity contribution < 1.29 is 8.42 Å². The van der Waals surface area contributed by atoms with Crippen LogP contribution in [0.25, 0.3) is 0 Å². The lowest BCUT2D eigenvalue weighted by Crippen LogP contribution is -2.54. The molecule has 0 radical (unpaired) electrons. The molecule has 3 fully saturated rings. The topological polar surface area (TPSA) is 52.7 Å². The summed E-state index contributed by atoms with van der Waals surface area (Å²) in [6, 6.07) is 1.01. The van der Waals surface area contributed by atoms with Gasteiger partial charge in [0.1, 0.15) is 0 Å². The van der Waals surface area contributed by atoms with Crippen molar-refractivity contribution in [1.29, 1.82) is 0 Å². The molecule has 0 aromatic rings. The van der Waals surface area contributed by atoms with E-state index in [4.69, 9.17) is 0 Å². The molecular weight excluding hydrogens is 286 g/mol. The van der Waals surface area contributed by atoms with E-state index in [0.29, 0.717) is 12.6 Å². The highest BCUT2D eigenvalue weighted by molar-refractivity contribution is 7.86. The van der Waals surface area contributed by atoms with Gasteiger partial charge in [0.05, 0.1) is 0 Å². The third-order valence-corrected chi connectivity index (χ3v) is 7.39. The molecule has 3 aliphatic rings. The first kappa shape index (κ1) is 15.7. The molecule has 122 valence electrons. The first-order chi connectivity index (χ1) is 10.1. The smallest absolute Gasteiger partial charge is 0.282 e. The molecule has 0 bridgehead atoms. The number of hydrogen-bond acceptors (Lipinski definition) is 3. The minimum atomic E-state index is -3.30. The summed E-state index contributed by atoms with van der Waals surface area (Å²) in [5, 5.41) is 3.51. The van der Waals surface area contributed by atoms with E-state index in [0.717, 1.165) is 51.5 Å². The maximum Gasteiger partial charge on any atom is 0.282 e. The van der Waals surface area contributed by atoms with Crippen LogP contribution in [-0.2, 0) is 10.2 Å². The van der Waals surface area contributed by atoms with E-state index in [-0.39, 0.29) is 12.1 Å². The van der Waals surface area contributed by atoms with Crippen molar-refractivity contribution in [3.05, 3.63) is 0 Å². The summed E-state index contributed by atoms with van der Waals surface area (Å²) < 4.78 is 29.4. The first-order valence-electron chi connectivity index (χ1n) is 8.57. The Morgan fingerprint density at radius 3 is 2.38 bits per heavy atom. The molecule has 2 aliphatic carbocycles. The van der Waals surface area contributed by atoms with Crippen LogP contribution in [0.4, 0.5) is 0 Å². The molecule has 5 nitrogen and oxygen atoms in total. The van der Waals surface area contributed by atoms with Crippen molar-refractivity contribution in [3.63, 3.8) is 0 Å². The predicted octanol–water partition coefficient (Wildman–Crippen LogP) is 1.71. The third kappa shape index (κ3) is 3.60. The van der Waals surface area contributed by atoms with Crippen LogP contribution < -0.4 is 5.32 Å². The van der Waals surface area contributed by atoms with Gasteiger partial charge in [0.2, 0.25) is 0 Å². The molecule has 1 unspecified atom stereocenters. The second kappa shape index (κ2) is 6.52. The number of piperidine rings is 1. The van der Waals surface area contributed by atoms with Gasteiger partial charge in [-0.15, -0.1) is 0 Å². The lowest BCUT2D eigenvalue weighted by Gasteiger charge is -2.38. The molecule has 1 saturated heterocycles. The molecule has 2 saturated carbocycles. The normalized spacial score (nSPS) is 29.3. The van der Waals surface area contributed by atoms with Gasteiger partial charge in [-0.05, 0) is 38.5 Å². The summed E-state index contributed by atoms with van der Waals surface area (Å²) in [4.78, 5) is 0. The highest BCUT2D eigenvalue weighted by Crippen LogP contribution is 2.29. The van der Waals surface area contributed by atoms with E-state index in [2.05, 4.69) is 5.32 Å². The van der Waals surface area contributed by atoms with Crippen molar-refractivity contribution in [2.75, 3.05) is 20.1 Å². The third-order valence-electron chi connectivity index (χ3n) is 5.29. The Morgan fingerprint density at radius 2 is 1.71 bits per heavy atom. The van der Waals surface area contributed by atoms with E-state index < -0.39 is 10.2 Å². The summed E-state index contributed by atoms with van der Waals surface area (Å²) in [6.07, 6.45) is 10.0. The number of nitrogens with one attached hydrogen (secondary N) is 1. The Labute approximate surface area is 129 Å². The van der Waals surface area contributed by atoms with Crippen molar-refractivity contribution in [2.24, 2.45) is 0 Å². The van der Waals surface area contributed by atoms with Crippen LogP contribution in [0.3, 0.4) is 0 Å². The number of rotatable bonds is 6. The standard InChI is InChI=1S/C15H29N3O2S/c1-17(14-6-2-3-7-14)21(19,20)18-11-5-4-8-15(18)12-16-13-9-10-13/h13-16H,2-12H2,1H3. The average molecular weight is 315 g/mol. The molecule has 6 heteroatoms. The van der Waals surface area contributed by atoms with E-state index >= 15 is 0 Å². The maximum absolute atomic E-state index is 13.0. The second-order valence-corrected chi connectivity index (χ2v) is 8.85. The van der Waals surface area contributed by atoms with Gasteiger partial charge in [0.15, 0.2) is 0 Å². The Morgan fingerprint density at radius 1 is 1.05 bits per heavy atom. The lowest BCUT2D eigenvalue weighted by atomic mass is 10.1. The van der Waals surface area contributed by atoms with Gasteiger partial charge in [-0.1, -0.05) is 19.3 Å². The van der Waals surface area contributed by atoms with E-state index in [1.54, 1.807) is 15.7 Å². The minimum absolute atomic E-state index is 0.146. The quantitative estimate of drug-likeness (QED) is 0.812. The number of hydrogen-bond donors (Lipinski definition) is 1. The maximum atomic E-state index is 13.0. The van der Waals surface area contributed by atoms with Gasteiger partial charge < -0.3 is 5.32 Å². The summed E-state index contributed by atoms with van der Waals surface area (Å²) in [6.45, 7) is 1.51. The van der Waals surface area contributed by atoms with Gasteiger partial charge in [0.25, 0.3) is 10.2 Å². The monoisotopic (exact) mass is 315 g/mol. The zero-order chi connectivity index (χ0) is 14.9. The van der Waals surface area contributed by atoms with Gasteiger partial charge in [0, 0.05) is 38.3 Å². The van der Waals surface area contributed by atoms with Crippen LogP contribution in [0.5, 0.6) is 0 Å². The van der Waals surface area contributed by atoms with Crippen LogP contribution in [0.1, 0.15) is 57.8 Å². The van der Waals surface area contributed by atoms with Gasteiger partial charge in [-0.2, -0.15) is 17.0 Å². The Bertz CT molecular complexity index is 444. The van der Waals surface area contributed by atoms with E-state index in [1.165, 1.54) is 12.8 Å². The van der Waals surface area contributed by atoms with Gasteiger partial charge in [-0.25, -0.2) is 0 Å². The van der Waals surface area contributed by atoms with Crippen molar-refractivity contribution in [1.82, 2.24) is 13.9 Å². The zero-order valence-corrected chi connectivity index (χ0v) is 13.9. The van der Waals surface area contributed by atoms with Crippen LogP contribution >= 0.6 is 0 Å². The van der Waals surface area contributed by atoms with E-state index in [1.807, 2.05) is 0 Å². The van der Waals surface area contributed by atoms with Crippen LogP contribution in [-0.4, -0.2) is 55.3 Å². The lowest BCUT2D eigenvalue weighted by molar-refractivity contribution is 0.221. The molecule has 0 aromatic heterocycles. The average Bonchev–Trinajstić information content (AvgIpc) is 3.16. The molecule has 1 atom stereocenters. The highest BCUT2D eigenvalue weighted by atomic mass is 32.2. The Hall–Kier alpha value is -0.170. The molecule has 21 heavy (non-hydrogen) atoms. The second-order valence-electron chi connectivity index (χ2n) is 6.91. The molecule has 1 aliphatic heterocycles. The Balaban J connectivity index is 1.67. The fourth-order valence-corrected chi connectivity index (χ4v) is 5.53. The summed E-state index contributed by atoms with van der Waals surface area (Å²) in [7, 11) is -1.51. The fraction of sp³-hybridized carbons (Fsp3) is 1.00. The van der Waals surface area contributed by atoms with Crippen molar-refractivity contribution in [3.8, 4) is 0 Å². The SMILES string of the molecule is CN(C1CCCC1)S(=O)(=O)N1CCCCC1CNC1CC1. The van der Waals surface area contributed by atoms with Crippen molar-refractivity contribution in [2.45, 2.75) is 75.9 Å². The van der Waals surface area contributed by atoms with Gasteiger partial charge >= 0.3 is 0 Å². The summed E-state index contributed by atoms with van der Waals surface area (Å²) in [5.41, 5.74) is 0. The predicted molar refractivity (Wildman–Crippen MR) is 84.3 cm³/mol. The minimum Gasteiger partial charge on any atom is -0.312 e. The largest absolute Gasteiger partial charge is 0.312 e. The fourth-order valence-electron chi connectivity index (χ4n) is 3.69. The summed E-state index contributed by atoms with van der Waals surface area (Å²) >= 11 is 0. The highest BCUT2D eigenvalue weighted by Gasteiger charge is 2.38. The first-order valence-corrected chi connectivity index (χ1v) is 9.97. The molecule has 3 rings (SSSR count). The molecular formula is C15H29N3O2S.